The van der Waals surface area contributed by atoms with Crippen LogP contribution in [-0.2, 0) is 6.54 Å². The van der Waals surface area contributed by atoms with Crippen LogP contribution in [0.4, 0.5) is 10.1 Å². The van der Waals surface area contributed by atoms with Crippen LogP contribution in [0.3, 0.4) is 0 Å². The van der Waals surface area contributed by atoms with E-state index >= 15 is 0 Å². The molecule has 0 spiro atoms. The molecule has 0 amide bonds. The quantitative estimate of drug-likeness (QED) is 0.620. The van der Waals surface area contributed by atoms with Crippen molar-refractivity contribution in [2.24, 2.45) is 5.92 Å². The lowest BCUT2D eigenvalue weighted by Crippen LogP contribution is -2.33. The summed E-state index contributed by atoms with van der Waals surface area (Å²) in [4.78, 5) is 12.4. The third kappa shape index (κ3) is 3.26. The molecule has 6 heteroatoms. The Labute approximate surface area is 110 Å². The van der Waals surface area contributed by atoms with Gasteiger partial charge in [0.1, 0.15) is 5.82 Å². The van der Waals surface area contributed by atoms with E-state index in [-0.39, 0.29) is 11.6 Å². The molecule has 1 heterocycles. The van der Waals surface area contributed by atoms with E-state index in [2.05, 4.69) is 6.07 Å². The molecule has 0 bridgehead atoms. The molecule has 0 N–H and O–H groups in total. The molecule has 1 aromatic carbocycles. The Morgan fingerprint density at radius 2 is 2.16 bits per heavy atom. The molecule has 1 aromatic rings. The van der Waals surface area contributed by atoms with Crippen LogP contribution in [0.25, 0.3) is 0 Å². The van der Waals surface area contributed by atoms with Crippen molar-refractivity contribution in [3.63, 3.8) is 0 Å². The van der Waals surface area contributed by atoms with Crippen LogP contribution >= 0.6 is 0 Å². The molecule has 5 nitrogen and oxygen atoms in total. The summed E-state index contributed by atoms with van der Waals surface area (Å²) in [6.07, 6.45) is 1.53. The minimum absolute atomic E-state index is 0.0520. The van der Waals surface area contributed by atoms with Gasteiger partial charge in [0, 0.05) is 24.1 Å². The maximum absolute atomic E-state index is 13.2. The van der Waals surface area contributed by atoms with Crippen LogP contribution in [0.1, 0.15) is 18.4 Å². The van der Waals surface area contributed by atoms with E-state index in [4.69, 9.17) is 5.26 Å². The highest BCUT2D eigenvalue weighted by Gasteiger charge is 2.22. The first-order valence-corrected chi connectivity index (χ1v) is 6.15. The number of hydrogen-bond acceptors (Lipinski definition) is 4. The summed E-state index contributed by atoms with van der Waals surface area (Å²) >= 11 is 0. The summed E-state index contributed by atoms with van der Waals surface area (Å²) < 4.78 is 13.2. The summed E-state index contributed by atoms with van der Waals surface area (Å²) in [7, 11) is 0. The van der Waals surface area contributed by atoms with Gasteiger partial charge in [-0.15, -0.1) is 0 Å². The van der Waals surface area contributed by atoms with Gasteiger partial charge in [-0.3, -0.25) is 15.0 Å². The summed E-state index contributed by atoms with van der Waals surface area (Å²) in [6, 6.07) is 5.75. The topological polar surface area (TPSA) is 70.2 Å². The number of nitro groups is 1. The second-order valence-electron chi connectivity index (χ2n) is 4.71. The second-order valence-corrected chi connectivity index (χ2v) is 4.71. The van der Waals surface area contributed by atoms with Gasteiger partial charge in [-0.1, -0.05) is 0 Å². The van der Waals surface area contributed by atoms with Crippen molar-refractivity contribution in [2.75, 3.05) is 13.1 Å². The van der Waals surface area contributed by atoms with E-state index in [1.54, 1.807) is 0 Å². The van der Waals surface area contributed by atoms with Gasteiger partial charge in [0.15, 0.2) is 0 Å². The zero-order chi connectivity index (χ0) is 13.8. The number of piperidine rings is 1. The third-order valence-electron chi connectivity index (χ3n) is 3.40. The highest BCUT2D eigenvalue weighted by Crippen LogP contribution is 2.24. The first kappa shape index (κ1) is 13.4. The van der Waals surface area contributed by atoms with Crippen LogP contribution in [0.15, 0.2) is 18.2 Å². The number of rotatable bonds is 3. The van der Waals surface area contributed by atoms with E-state index in [1.807, 2.05) is 4.90 Å². The number of hydrogen-bond donors (Lipinski definition) is 0. The predicted molar refractivity (Wildman–Crippen MR) is 66.7 cm³/mol. The standard InChI is InChI=1S/C13H14FN3O2/c14-12-1-2-13(17(18)19)11(7-12)9-16-5-3-10(8-15)4-6-16/h1-2,7,10H,3-6,9H2. The Balaban J connectivity index is 2.09. The monoisotopic (exact) mass is 263 g/mol. The maximum atomic E-state index is 13.2. The molecule has 1 aliphatic heterocycles. The van der Waals surface area contributed by atoms with E-state index in [1.165, 1.54) is 12.1 Å². The number of benzene rings is 1. The van der Waals surface area contributed by atoms with Gasteiger partial charge < -0.3 is 0 Å². The van der Waals surface area contributed by atoms with Gasteiger partial charge in [-0.25, -0.2) is 4.39 Å². The fourth-order valence-electron chi connectivity index (χ4n) is 2.32. The fourth-order valence-corrected chi connectivity index (χ4v) is 2.32. The molecule has 0 saturated carbocycles. The Kier molecular flexibility index (Phi) is 4.07. The Morgan fingerprint density at radius 1 is 1.47 bits per heavy atom. The van der Waals surface area contributed by atoms with E-state index in [9.17, 15) is 14.5 Å². The molecule has 0 aromatic heterocycles. The van der Waals surface area contributed by atoms with Gasteiger partial charge in [-0.2, -0.15) is 5.26 Å². The summed E-state index contributed by atoms with van der Waals surface area (Å²) in [5.41, 5.74) is 0.337. The molecule has 0 unspecified atom stereocenters. The lowest BCUT2D eigenvalue weighted by atomic mass is 9.98. The van der Waals surface area contributed by atoms with Crippen molar-refractivity contribution in [3.8, 4) is 6.07 Å². The molecule has 19 heavy (non-hydrogen) atoms. The van der Waals surface area contributed by atoms with Crippen LogP contribution in [-0.4, -0.2) is 22.9 Å². The van der Waals surface area contributed by atoms with Gasteiger partial charge >= 0.3 is 0 Å². The largest absolute Gasteiger partial charge is 0.299 e. The average molecular weight is 263 g/mol. The zero-order valence-corrected chi connectivity index (χ0v) is 10.4. The van der Waals surface area contributed by atoms with Gasteiger partial charge in [0.2, 0.25) is 0 Å². The summed E-state index contributed by atoms with van der Waals surface area (Å²) in [6.45, 7) is 1.78. The number of halogens is 1. The molecule has 1 aliphatic rings. The molecule has 0 atom stereocenters. The lowest BCUT2D eigenvalue weighted by molar-refractivity contribution is -0.385. The van der Waals surface area contributed by atoms with Gasteiger partial charge in [0.25, 0.3) is 5.69 Å². The molecular formula is C13H14FN3O2. The number of nitriles is 1. The predicted octanol–water partition coefficient (Wildman–Crippen LogP) is 2.47. The highest BCUT2D eigenvalue weighted by molar-refractivity contribution is 5.40. The minimum Gasteiger partial charge on any atom is -0.299 e. The molecule has 0 aliphatic carbocycles. The SMILES string of the molecule is N#CC1CCN(Cc2cc(F)ccc2[N+](=O)[O-])CC1. The van der Waals surface area contributed by atoms with E-state index < -0.39 is 10.7 Å². The second kappa shape index (κ2) is 5.76. The summed E-state index contributed by atoms with van der Waals surface area (Å²) in [5, 5.41) is 19.7. The summed E-state index contributed by atoms with van der Waals surface area (Å²) in [5.74, 6) is -0.397. The van der Waals surface area contributed by atoms with Crippen molar-refractivity contribution in [3.05, 3.63) is 39.7 Å². The zero-order valence-electron chi connectivity index (χ0n) is 10.4. The van der Waals surface area contributed by atoms with Crippen LogP contribution < -0.4 is 0 Å². The smallest absolute Gasteiger partial charge is 0.274 e. The van der Waals surface area contributed by atoms with Gasteiger partial charge in [-0.05, 0) is 38.1 Å². The molecule has 2 rings (SSSR count). The third-order valence-corrected chi connectivity index (χ3v) is 3.40. The average Bonchev–Trinajstić information content (AvgIpc) is 2.39. The molecular weight excluding hydrogens is 249 g/mol. The Morgan fingerprint density at radius 3 is 2.74 bits per heavy atom. The molecule has 100 valence electrons. The van der Waals surface area contributed by atoms with Crippen molar-refractivity contribution in [1.82, 2.24) is 4.90 Å². The van der Waals surface area contributed by atoms with E-state index in [0.29, 0.717) is 25.2 Å². The van der Waals surface area contributed by atoms with Crippen molar-refractivity contribution >= 4 is 5.69 Å². The number of likely N-dealkylation sites (tertiary alicyclic amines) is 1. The van der Waals surface area contributed by atoms with Crippen molar-refractivity contribution in [2.45, 2.75) is 19.4 Å². The van der Waals surface area contributed by atoms with Crippen LogP contribution in [0.2, 0.25) is 0 Å². The molecule has 1 fully saturated rings. The first-order chi connectivity index (χ1) is 9.10. The Bertz CT molecular complexity index is 519. The van der Waals surface area contributed by atoms with Crippen LogP contribution in [0, 0.1) is 33.2 Å². The van der Waals surface area contributed by atoms with Crippen molar-refractivity contribution < 1.29 is 9.31 Å². The number of nitrogens with zero attached hydrogens (tertiary/aromatic N) is 3. The fraction of sp³-hybridized carbons (Fsp3) is 0.462. The normalized spacial score (nSPS) is 17.1. The van der Waals surface area contributed by atoms with Gasteiger partial charge in [0.05, 0.1) is 11.0 Å². The molecule has 0 radical (unpaired) electrons. The van der Waals surface area contributed by atoms with Crippen molar-refractivity contribution in [1.29, 1.82) is 5.26 Å². The van der Waals surface area contributed by atoms with Crippen LogP contribution in [0.5, 0.6) is 0 Å². The minimum atomic E-state index is -0.489. The first-order valence-electron chi connectivity index (χ1n) is 6.15. The number of nitro benzene ring substituents is 1. The Hall–Kier alpha value is -2.00. The highest BCUT2D eigenvalue weighted by atomic mass is 19.1. The van der Waals surface area contributed by atoms with E-state index in [0.717, 1.165) is 18.9 Å². The lowest BCUT2D eigenvalue weighted by Gasteiger charge is -2.28. The molecule has 1 saturated heterocycles. The maximum Gasteiger partial charge on any atom is 0.274 e.